The zero-order valence-corrected chi connectivity index (χ0v) is 17.4. The van der Waals surface area contributed by atoms with E-state index < -0.39 is 23.4 Å². The number of nitrogens with one attached hydrogen (secondary N) is 2. The molecule has 4 rings (SSSR count). The van der Waals surface area contributed by atoms with Crippen LogP contribution in [0.25, 0.3) is 11.5 Å². The Bertz CT molecular complexity index is 1110. The van der Waals surface area contributed by atoms with Crippen LogP contribution >= 0.6 is 11.8 Å². The smallest absolute Gasteiger partial charge is 0.344 e. The number of aromatic nitrogens is 2. The lowest BCUT2D eigenvalue weighted by molar-refractivity contribution is -0.138. The number of hydrazine groups is 1. The first-order valence-electron chi connectivity index (χ1n) is 9.57. The molecule has 0 spiro atoms. The summed E-state index contributed by atoms with van der Waals surface area (Å²) in [5.41, 5.74) is 2.58. The number of nitrogens with zero attached hydrogens (tertiary/aromatic N) is 3. The first-order chi connectivity index (χ1) is 15.0. The van der Waals surface area contributed by atoms with Gasteiger partial charge in [0.2, 0.25) is 11.8 Å². The molecule has 2 N–H and O–H groups in total. The Morgan fingerprint density at radius 2 is 1.77 bits per heavy atom. The average molecular weight is 437 g/mol. The lowest BCUT2D eigenvalue weighted by Crippen LogP contribution is -2.49. The van der Waals surface area contributed by atoms with Gasteiger partial charge in [-0.15, -0.1) is 10.2 Å². The number of hydrogen-bond donors (Lipinski definition) is 2. The van der Waals surface area contributed by atoms with Gasteiger partial charge < -0.3 is 9.73 Å². The third kappa shape index (κ3) is 4.02. The van der Waals surface area contributed by atoms with Gasteiger partial charge >= 0.3 is 6.03 Å². The molecule has 31 heavy (non-hydrogen) atoms. The van der Waals surface area contributed by atoms with Crippen LogP contribution in [0, 0.1) is 0 Å². The van der Waals surface area contributed by atoms with E-state index >= 15 is 0 Å². The maximum atomic E-state index is 13.0. The molecule has 3 aromatic rings. The van der Waals surface area contributed by atoms with Gasteiger partial charge in [0.1, 0.15) is 5.54 Å². The molecule has 0 saturated carbocycles. The lowest BCUT2D eigenvalue weighted by Gasteiger charge is -2.25. The number of thioether (sulfide) groups is 1. The molecule has 1 aromatic heterocycles. The van der Waals surface area contributed by atoms with E-state index in [0.717, 1.165) is 22.3 Å². The van der Waals surface area contributed by atoms with Gasteiger partial charge in [-0.05, 0) is 24.1 Å². The van der Waals surface area contributed by atoms with Crippen molar-refractivity contribution in [3.63, 3.8) is 0 Å². The fraction of sp³-hybridized carbons (Fsp3) is 0.190. The fourth-order valence-electron chi connectivity index (χ4n) is 3.29. The minimum Gasteiger partial charge on any atom is -0.411 e. The van der Waals surface area contributed by atoms with E-state index in [1.54, 1.807) is 31.2 Å². The molecule has 2 aromatic carbocycles. The van der Waals surface area contributed by atoms with E-state index in [1.807, 2.05) is 36.4 Å². The number of imide groups is 1. The Kier molecular flexibility index (Phi) is 5.72. The molecule has 10 heteroatoms. The van der Waals surface area contributed by atoms with Gasteiger partial charge in [-0.1, -0.05) is 67.2 Å². The van der Waals surface area contributed by atoms with E-state index in [0.29, 0.717) is 17.9 Å². The van der Waals surface area contributed by atoms with Crippen molar-refractivity contribution < 1.29 is 18.8 Å². The fourth-order valence-corrected chi connectivity index (χ4v) is 3.84. The maximum absolute atomic E-state index is 13.0. The van der Waals surface area contributed by atoms with Crippen molar-refractivity contribution in [2.75, 3.05) is 5.75 Å². The normalized spacial score (nSPS) is 18.2. The molecule has 1 aliphatic rings. The number of carbonyl (C=O) groups excluding carboxylic acids is 3. The summed E-state index contributed by atoms with van der Waals surface area (Å²) in [6.45, 7) is 1.80. The predicted octanol–water partition coefficient (Wildman–Crippen LogP) is 2.72. The van der Waals surface area contributed by atoms with Crippen molar-refractivity contribution in [1.82, 2.24) is 25.9 Å². The second-order valence-electron chi connectivity index (χ2n) is 6.76. The molecule has 158 valence electrons. The maximum Gasteiger partial charge on any atom is 0.344 e. The molecule has 9 nitrogen and oxygen atoms in total. The summed E-state index contributed by atoms with van der Waals surface area (Å²) in [7, 11) is 0. The van der Waals surface area contributed by atoms with E-state index in [-0.39, 0.29) is 11.0 Å². The quantitative estimate of drug-likeness (QED) is 0.431. The highest BCUT2D eigenvalue weighted by atomic mass is 32.2. The van der Waals surface area contributed by atoms with Crippen molar-refractivity contribution in [2.45, 2.75) is 24.1 Å². The molecule has 2 heterocycles. The molecule has 1 fully saturated rings. The van der Waals surface area contributed by atoms with Gasteiger partial charge in [-0.2, -0.15) is 5.01 Å². The average Bonchev–Trinajstić information content (AvgIpc) is 3.38. The standard InChI is InChI=1S/C21H19N5O4S/c1-2-21(15-11-7-4-8-12-15)18(28)26(19(29)22-21)25-16(27)13-31-20-24-23-17(30-20)14-9-5-3-6-10-14/h3-12H,2,13H2,1H3,(H,22,29)(H,25,27). The number of amides is 4. The Hall–Kier alpha value is -3.66. The Balaban J connectivity index is 1.39. The molecular formula is C21H19N5O4S. The van der Waals surface area contributed by atoms with Crippen LogP contribution in [0.15, 0.2) is 70.3 Å². The molecular weight excluding hydrogens is 418 g/mol. The van der Waals surface area contributed by atoms with Crippen LogP contribution in [0.1, 0.15) is 18.9 Å². The summed E-state index contributed by atoms with van der Waals surface area (Å²) in [6, 6.07) is 17.5. The summed E-state index contributed by atoms with van der Waals surface area (Å²) in [6.07, 6.45) is 0.340. The van der Waals surface area contributed by atoms with Crippen LogP contribution in [0.2, 0.25) is 0 Å². The highest BCUT2D eigenvalue weighted by molar-refractivity contribution is 7.99. The summed E-state index contributed by atoms with van der Waals surface area (Å²) >= 11 is 1.01. The first-order valence-corrected chi connectivity index (χ1v) is 10.6. The van der Waals surface area contributed by atoms with Crippen LogP contribution in [0.5, 0.6) is 0 Å². The summed E-state index contributed by atoms with van der Waals surface area (Å²) in [5, 5.41) is 11.5. The van der Waals surface area contributed by atoms with Crippen LogP contribution < -0.4 is 10.7 Å². The van der Waals surface area contributed by atoms with Crippen molar-refractivity contribution in [2.24, 2.45) is 0 Å². The van der Waals surface area contributed by atoms with Crippen LogP contribution in [0.4, 0.5) is 4.79 Å². The minimum atomic E-state index is -1.21. The van der Waals surface area contributed by atoms with Crippen molar-refractivity contribution >= 4 is 29.6 Å². The summed E-state index contributed by atoms with van der Waals surface area (Å²) < 4.78 is 5.54. The van der Waals surface area contributed by atoms with Crippen molar-refractivity contribution in [3.8, 4) is 11.5 Å². The first kappa shape index (κ1) is 20.6. The van der Waals surface area contributed by atoms with E-state index in [1.165, 1.54) is 0 Å². The van der Waals surface area contributed by atoms with E-state index in [2.05, 4.69) is 20.9 Å². The number of hydrogen-bond acceptors (Lipinski definition) is 7. The summed E-state index contributed by atoms with van der Waals surface area (Å²) in [4.78, 5) is 37.8. The van der Waals surface area contributed by atoms with Gasteiger partial charge in [0.05, 0.1) is 5.75 Å². The van der Waals surface area contributed by atoms with Crippen LogP contribution in [-0.4, -0.2) is 38.8 Å². The molecule has 0 radical (unpaired) electrons. The van der Waals surface area contributed by atoms with Gasteiger partial charge in [0, 0.05) is 5.56 Å². The van der Waals surface area contributed by atoms with E-state index in [9.17, 15) is 14.4 Å². The SMILES string of the molecule is CCC1(c2ccccc2)NC(=O)N(NC(=O)CSc2nnc(-c3ccccc3)o2)C1=O. The molecule has 0 aliphatic carbocycles. The van der Waals surface area contributed by atoms with Crippen LogP contribution in [0.3, 0.4) is 0 Å². The topological polar surface area (TPSA) is 117 Å². The minimum absolute atomic E-state index is 0.113. The Morgan fingerprint density at radius 3 is 2.45 bits per heavy atom. The third-order valence-corrected chi connectivity index (χ3v) is 5.70. The van der Waals surface area contributed by atoms with Crippen molar-refractivity contribution in [3.05, 3.63) is 66.2 Å². The zero-order valence-electron chi connectivity index (χ0n) is 16.6. The van der Waals surface area contributed by atoms with Gasteiger partial charge in [-0.25, -0.2) is 4.79 Å². The third-order valence-electron chi connectivity index (χ3n) is 4.88. The van der Waals surface area contributed by atoms with Gasteiger partial charge in [0.15, 0.2) is 0 Å². The number of urea groups is 1. The monoisotopic (exact) mass is 437 g/mol. The second-order valence-corrected chi connectivity index (χ2v) is 7.69. The van der Waals surface area contributed by atoms with Gasteiger partial charge in [0.25, 0.3) is 11.1 Å². The number of rotatable bonds is 7. The number of carbonyl (C=O) groups is 3. The highest BCUT2D eigenvalue weighted by Crippen LogP contribution is 2.31. The molecule has 1 atom stereocenters. The Labute approximate surface area is 182 Å². The van der Waals surface area contributed by atoms with Crippen molar-refractivity contribution in [1.29, 1.82) is 0 Å². The zero-order chi connectivity index (χ0) is 21.8. The highest BCUT2D eigenvalue weighted by Gasteiger charge is 2.52. The largest absolute Gasteiger partial charge is 0.411 e. The molecule has 4 amide bonds. The van der Waals surface area contributed by atoms with Crippen LogP contribution in [-0.2, 0) is 15.1 Å². The second kappa shape index (κ2) is 8.60. The lowest BCUT2D eigenvalue weighted by atomic mass is 9.87. The van der Waals surface area contributed by atoms with E-state index in [4.69, 9.17) is 4.42 Å². The molecule has 1 unspecified atom stereocenters. The number of benzene rings is 2. The van der Waals surface area contributed by atoms with Gasteiger partial charge in [-0.3, -0.25) is 15.0 Å². The predicted molar refractivity (Wildman–Crippen MR) is 112 cm³/mol. The summed E-state index contributed by atoms with van der Waals surface area (Å²) in [5.74, 6) is -0.854. The Morgan fingerprint density at radius 1 is 1.10 bits per heavy atom. The molecule has 1 aliphatic heterocycles. The molecule has 0 bridgehead atoms. The molecule has 1 saturated heterocycles.